The Labute approximate surface area is 135 Å². The molecule has 1 aromatic rings. The zero-order valence-corrected chi connectivity index (χ0v) is 14.6. The molecule has 1 saturated heterocycles. The van der Waals surface area contributed by atoms with E-state index in [4.69, 9.17) is 4.74 Å². The second kappa shape index (κ2) is 7.09. The van der Waals surface area contributed by atoms with E-state index in [0.29, 0.717) is 6.54 Å². The van der Waals surface area contributed by atoms with E-state index in [1.807, 2.05) is 0 Å². The second-order valence-corrected chi connectivity index (χ2v) is 6.98. The highest BCUT2D eigenvalue weighted by Crippen LogP contribution is 2.32. The minimum Gasteiger partial charge on any atom is -0.394 e. The van der Waals surface area contributed by atoms with Crippen molar-refractivity contribution in [1.29, 1.82) is 0 Å². The smallest absolute Gasteiger partial charge is 0.0988 e. The van der Waals surface area contributed by atoms with Crippen LogP contribution in [-0.2, 0) is 11.3 Å². The first-order chi connectivity index (χ1) is 9.95. The van der Waals surface area contributed by atoms with Gasteiger partial charge in [0.15, 0.2) is 0 Å². The summed E-state index contributed by atoms with van der Waals surface area (Å²) in [7, 11) is 0. The van der Waals surface area contributed by atoms with Gasteiger partial charge in [-0.2, -0.15) is 0 Å². The Kier molecular flexibility index (Phi) is 5.66. The van der Waals surface area contributed by atoms with E-state index < -0.39 is 0 Å². The Bertz CT molecular complexity index is 479. The number of anilines is 1. The third-order valence-electron chi connectivity index (χ3n) is 3.62. The van der Waals surface area contributed by atoms with Crippen molar-refractivity contribution < 1.29 is 9.84 Å². The van der Waals surface area contributed by atoms with E-state index in [1.54, 1.807) is 0 Å². The third-order valence-corrected chi connectivity index (χ3v) is 4.25. The number of benzene rings is 1. The number of nitrogens with zero attached hydrogens (tertiary/aromatic N) is 1. The molecule has 1 fully saturated rings. The van der Waals surface area contributed by atoms with E-state index in [9.17, 15) is 5.11 Å². The minimum absolute atomic E-state index is 0.0516. The van der Waals surface area contributed by atoms with E-state index in [0.717, 1.165) is 29.8 Å². The van der Waals surface area contributed by atoms with Gasteiger partial charge in [-0.1, -0.05) is 13.0 Å². The average molecular weight is 357 g/mol. The molecule has 0 saturated carbocycles. The van der Waals surface area contributed by atoms with Gasteiger partial charge in [-0.25, -0.2) is 0 Å². The number of morpholine rings is 1. The molecule has 1 heterocycles. The number of halogens is 1. The second-order valence-electron chi connectivity index (χ2n) is 6.13. The molecule has 1 aliphatic heterocycles. The molecule has 1 unspecified atom stereocenters. The third kappa shape index (κ3) is 4.42. The highest BCUT2D eigenvalue weighted by molar-refractivity contribution is 9.10. The molecule has 0 spiro atoms. The van der Waals surface area contributed by atoms with Crippen LogP contribution in [0.4, 0.5) is 5.69 Å². The lowest BCUT2D eigenvalue weighted by atomic mass is 10.0. The molecular formula is C16H25BrN2O2. The SMILES string of the molecule is CCNCc1ccc(N2CC(CO)OC(C)(C)C2)c(Br)c1. The van der Waals surface area contributed by atoms with E-state index in [-0.39, 0.29) is 18.3 Å². The molecule has 1 aromatic carbocycles. The maximum atomic E-state index is 9.43. The molecule has 5 heteroatoms. The molecule has 1 aliphatic rings. The predicted octanol–water partition coefficient (Wildman–Crippen LogP) is 2.53. The highest BCUT2D eigenvalue weighted by Gasteiger charge is 2.33. The molecular weight excluding hydrogens is 332 g/mol. The lowest BCUT2D eigenvalue weighted by molar-refractivity contribution is -0.101. The Morgan fingerprint density at radius 2 is 2.24 bits per heavy atom. The van der Waals surface area contributed by atoms with Crippen molar-refractivity contribution in [2.45, 2.75) is 39.0 Å². The Morgan fingerprint density at radius 3 is 2.86 bits per heavy atom. The van der Waals surface area contributed by atoms with E-state index in [1.165, 1.54) is 5.56 Å². The number of aliphatic hydroxyl groups is 1. The fourth-order valence-corrected chi connectivity index (χ4v) is 3.44. The lowest BCUT2D eigenvalue weighted by Crippen LogP contribution is -2.54. The molecule has 118 valence electrons. The number of hydrogen-bond acceptors (Lipinski definition) is 4. The van der Waals surface area contributed by atoms with Gasteiger partial charge in [-0.15, -0.1) is 0 Å². The molecule has 0 aliphatic carbocycles. The average Bonchev–Trinajstić information content (AvgIpc) is 2.43. The zero-order chi connectivity index (χ0) is 15.5. The molecule has 4 nitrogen and oxygen atoms in total. The molecule has 2 N–H and O–H groups in total. The monoisotopic (exact) mass is 356 g/mol. The first-order valence-corrected chi connectivity index (χ1v) is 8.27. The summed E-state index contributed by atoms with van der Waals surface area (Å²) in [5.41, 5.74) is 2.16. The van der Waals surface area contributed by atoms with Crippen molar-refractivity contribution in [3.05, 3.63) is 28.2 Å². The molecule has 2 rings (SSSR count). The number of ether oxygens (including phenoxy) is 1. The van der Waals surface area contributed by atoms with Crippen LogP contribution in [0.25, 0.3) is 0 Å². The standard InChI is InChI=1S/C16H25BrN2O2/c1-4-18-8-12-5-6-15(14(17)7-12)19-9-13(10-20)21-16(2,3)11-19/h5-7,13,18,20H,4,8-11H2,1-3H3. The number of rotatable bonds is 5. The molecule has 0 aromatic heterocycles. The van der Waals surface area contributed by atoms with Gasteiger partial charge in [0.25, 0.3) is 0 Å². The lowest BCUT2D eigenvalue weighted by Gasteiger charge is -2.43. The van der Waals surface area contributed by atoms with Crippen molar-refractivity contribution in [2.24, 2.45) is 0 Å². The number of nitrogens with one attached hydrogen (secondary N) is 1. The van der Waals surface area contributed by atoms with Crippen molar-refractivity contribution >= 4 is 21.6 Å². The molecule has 0 bridgehead atoms. The normalized spacial score (nSPS) is 21.6. The molecule has 21 heavy (non-hydrogen) atoms. The van der Waals surface area contributed by atoms with E-state index in [2.05, 4.69) is 65.1 Å². The molecule has 1 atom stereocenters. The van der Waals surface area contributed by atoms with Gasteiger partial charge in [-0.3, -0.25) is 0 Å². The first kappa shape index (κ1) is 16.7. The van der Waals surface area contributed by atoms with Gasteiger partial charge < -0.3 is 20.1 Å². The van der Waals surface area contributed by atoms with Gasteiger partial charge in [0, 0.05) is 24.1 Å². The van der Waals surface area contributed by atoms with Crippen LogP contribution in [0.3, 0.4) is 0 Å². The highest BCUT2D eigenvalue weighted by atomic mass is 79.9. The summed E-state index contributed by atoms with van der Waals surface area (Å²) in [6, 6.07) is 6.46. The fourth-order valence-electron chi connectivity index (χ4n) is 2.76. The maximum Gasteiger partial charge on any atom is 0.0988 e. The summed E-state index contributed by atoms with van der Waals surface area (Å²) in [4.78, 5) is 2.28. The van der Waals surface area contributed by atoms with Crippen LogP contribution in [0.15, 0.2) is 22.7 Å². The van der Waals surface area contributed by atoms with Crippen LogP contribution < -0.4 is 10.2 Å². The predicted molar refractivity (Wildman–Crippen MR) is 89.8 cm³/mol. The summed E-state index contributed by atoms with van der Waals surface area (Å²) in [6.07, 6.45) is -0.137. The van der Waals surface area contributed by atoms with Crippen LogP contribution in [0.1, 0.15) is 26.3 Å². The summed E-state index contributed by atoms with van der Waals surface area (Å²) in [5.74, 6) is 0. The summed E-state index contributed by atoms with van der Waals surface area (Å²) >= 11 is 3.68. The maximum absolute atomic E-state index is 9.43. The quantitative estimate of drug-likeness (QED) is 0.850. The first-order valence-electron chi connectivity index (χ1n) is 7.48. The minimum atomic E-state index is -0.256. The Morgan fingerprint density at radius 1 is 1.48 bits per heavy atom. The van der Waals surface area contributed by atoms with Crippen molar-refractivity contribution in [1.82, 2.24) is 5.32 Å². The molecule has 0 amide bonds. The van der Waals surface area contributed by atoms with Crippen LogP contribution in [0.2, 0.25) is 0 Å². The van der Waals surface area contributed by atoms with Gasteiger partial charge in [0.1, 0.15) is 0 Å². The van der Waals surface area contributed by atoms with E-state index >= 15 is 0 Å². The number of aliphatic hydroxyl groups excluding tert-OH is 1. The number of hydrogen-bond donors (Lipinski definition) is 2. The summed E-state index contributed by atoms with van der Waals surface area (Å²) in [5, 5.41) is 12.8. The zero-order valence-electron chi connectivity index (χ0n) is 13.0. The van der Waals surface area contributed by atoms with Crippen LogP contribution in [0.5, 0.6) is 0 Å². The topological polar surface area (TPSA) is 44.7 Å². The summed E-state index contributed by atoms with van der Waals surface area (Å²) < 4.78 is 6.96. The summed E-state index contributed by atoms with van der Waals surface area (Å²) in [6.45, 7) is 9.66. The van der Waals surface area contributed by atoms with Crippen LogP contribution >= 0.6 is 15.9 Å². The Hall–Kier alpha value is -0.620. The van der Waals surface area contributed by atoms with Gasteiger partial charge in [0.2, 0.25) is 0 Å². The Balaban J connectivity index is 2.16. The van der Waals surface area contributed by atoms with Gasteiger partial charge >= 0.3 is 0 Å². The van der Waals surface area contributed by atoms with Crippen molar-refractivity contribution in [3.8, 4) is 0 Å². The van der Waals surface area contributed by atoms with Gasteiger partial charge in [0.05, 0.1) is 24.0 Å². The fraction of sp³-hybridized carbons (Fsp3) is 0.625. The molecule has 0 radical (unpaired) electrons. The van der Waals surface area contributed by atoms with Crippen LogP contribution in [0, 0.1) is 0 Å². The van der Waals surface area contributed by atoms with Crippen LogP contribution in [-0.4, -0.2) is 43.1 Å². The van der Waals surface area contributed by atoms with Crippen molar-refractivity contribution in [2.75, 3.05) is 31.1 Å². The largest absolute Gasteiger partial charge is 0.394 e. The van der Waals surface area contributed by atoms with Crippen molar-refractivity contribution in [3.63, 3.8) is 0 Å². The van der Waals surface area contributed by atoms with Gasteiger partial charge in [-0.05, 0) is 54.0 Å².